The molecule has 236 valence electrons. The number of unbranched alkanes of at least 4 members (excludes halogenated alkanes) is 23. The molecule has 0 radical (unpaired) electrons. The van der Waals surface area contributed by atoms with Crippen molar-refractivity contribution >= 4 is 0 Å². The molecule has 0 aliphatic heterocycles. The average molecular weight is 554 g/mol. The minimum Gasteiger partial charge on any atom is -0.391 e. The summed E-state index contributed by atoms with van der Waals surface area (Å²) in [7, 11) is 0. The third-order valence-corrected chi connectivity index (χ3v) is 8.94. The summed E-state index contributed by atoms with van der Waals surface area (Å²) in [5.41, 5.74) is 0. The van der Waals surface area contributed by atoms with E-state index in [4.69, 9.17) is 0 Å². The first-order chi connectivity index (χ1) is 19.1. The molecular formula is C36H75NO2. The third kappa shape index (κ3) is 26.5. The highest BCUT2D eigenvalue weighted by Gasteiger charge is 2.24. The minimum absolute atomic E-state index is 0.00363. The first kappa shape index (κ1) is 38.9. The van der Waals surface area contributed by atoms with E-state index < -0.39 is 6.23 Å². The van der Waals surface area contributed by atoms with E-state index in [1.54, 1.807) is 0 Å². The lowest BCUT2D eigenvalue weighted by atomic mass is 9.91. The van der Waals surface area contributed by atoms with Crippen LogP contribution < -0.4 is 5.32 Å². The van der Waals surface area contributed by atoms with E-state index in [0.717, 1.165) is 25.7 Å². The van der Waals surface area contributed by atoms with Crippen LogP contribution in [0.25, 0.3) is 0 Å². The Labute approximate surface area is 247 Å². The van der Waals surface area contributed by atoms with Gasteiger partial charge in [-0.15, -0.1) is 0 Å². The predicted molar refractivity (Wildman–Crippen MR) is 174 cm³/mol. The van der Waals surface area contributed by atoms with Gasteiger partial charge >= 0.3 is 0 Å². The smallest absolute Gasteiger partial charge is 0.105 e. The Morgan fingerprint density at radius 3 is 1.10 bits per heavy atom. The SMILES string of the molecule is CCCCCCCCCCCCCCCCCCCCCCCC(O)NC(CC)C(O)C(C)CCCCCC. The van der Waals surface area contributed by atoms with Gasteiger partial charge in [-0.1, -0.05) is 182 Å². The molecule has 3 N–H and O–H groups in total. The van der Waals surface area contributed by atoms with E-state index >= 15 is 0 Å². The van der Waals surface area contributed by atoms with E-state index in [-0.39, 0.29) is 18.1 Å². The summed E-state index contributed by atoms with van der Waals surface area (Å²) >= 11 is 0. The maximum atomic E-state index is 10.8. The molecule has 4 atom stereocenters. The second kappa shape index (κ2) is 30.8. The molecule has 0 saturated heterocycles. The third-order valence-electron chi connectivity index (χ3n) is 8.94. The van der Waals surface area contributed by atoms with Crippen molar-refractivity contribution in [3.8, 4) is 0 Å². The Hall–Kier alpha value is -0.120. The van der Waals surface area contributed by atoms with E-state index in [1.807, 2.05) is 0 Å². The van der Waals surface area contributed by atoms with E-state index in [1.165, 1.54) is 154 Å². The highest BCUT2D eigenvalue weighted by molar-refractivity contribution is 4.80. The van der Waals surface area contributed by atoms with Crippen LogP contribution in [0.5, 0.6) is 0 Å². The molecule has 4 unspecified atom stereocenters. The van der Waals surface area contributed by atoms with Gasteiger partial charge in [-0.2, -0.15) is 0 Å². The number of aliphatic hydroxyl groups excluding tert-OH is 2. The van der Waals surface area contributed by atoms with Gasteiger partial charge in [0.25, 0.3) is 0 Å². The van der Waals surface area contributed by atoms with Gasteiger partial charge in [0.15, 0.2) is 0 Å². The molecule has 0 aromatic carbocycles. The summed E-state index contributed by atoms with van der Waals surface area (Å²) in [6.45, 7) is 8.80. The van der Waals surface area contributed by atoms with Gasteiger partial charge in [-0.05, 0) is 31.6 Å². The van der Waals surface area contributed by atoms with Crippen LogP contribution in [0.15, 0.2) is 0 Å². The van der Waals surface area contributed by atoms with Crippen LogP contribution in [-0.4, -0.2) is 28.6 Å². The molecule has 0 fully saturated rings. The van der Waals surface area contributed by atoms with Gasteiger partial charge in [0, 0.05) is 6.04 Å². The zero-order valence-corrected chi connectivity index (χ0v) is 27.5. The maximum absolute atomic E-state index is 10.8. The molecule has 0 saturated carbocycles. The van der Waals surface area contributed by atoms with Crippen LogP contribution in [0.3, 0.4) is 0 Å². The lowest BCUT2D eigenvalue weighted by Crippen LogP contribution is -2.47. The summed E-state index contributed by atoms with van der Waals surface area (Å²) in [6, 6.07) is -0.00363. The van der Waals surface area contributed by atoms with Crippen molar-refractivity contribution in [2.45, 2.75) is 226 Å². The number of nitrogens with one attached hydrogen (secondary N) is 1. The van der Waals surface area contributed by atoms with Crippen LogP contribution in [-0.2, 0) is 0 Å². The summed E-state index contributed by atoms with van der Waals surface area (Å²) in [6.07, 6.45) is 36.2. The van der Waals surface area contributed by atoms with Gasteiger partial charge in [0.2, 0.25) is 0 Å². The summed E-state index contributed by atoms with van der Waals surface area (Å²) < 4.78 is 0. The molecule has 39 heavy (non-hydrogen) atoms. The number of hydrogen-bond acceptors (Lipinski definition) is 3. The summed E-state index contributed by atoms with van der Waals surface area (Å²) in [5.74, 6) is 0.288. The first-order valence-corrected chi connectivity index (χ1v) is 18.2. The molecule has 0 amide bonds. The quantitative estimate of drug-likeness (QED) is 0.0573. The molecule has 3 nitrogen and oxygen atoms in total. The standard InChI is InChI=1S/C36H75NO2/c1-5-8-10-12-13-14-15-16-17-18-19-20-21-22-23-24-25-26-27-28-30-32-35(38)37-34(7-3)36(39)33(4)31-29-11-9-6-2/h33-39H,5-32H2,1-4H3. The largest absolute Gasteiger partial charge is 0.391 e. The lowest BCUT2D eigenvalue weighted by molar-refractivity contribution is 0.0293. The Morgan fingerprint density at radius 1 is 0.436 bits per heavy atom. The minimum atomic E-state index is -0.489. The normalized spacial score (nSPS) is 14.9. The highest BCUT2D eigenvalue weighted by atomic mass is 16.3. The van der Waals surface area contributed by atoms with Gasteiger partial charge in [-0.3, -0.25) is 5.32 Å². The van der Waals surface area contributed by atoms with Gasteiger partial charge in [0.05, 0.1) is 6.10 Å². The summed E-state index contributed by atoms with van der Waals surface area (Å²) in [4.78, 5) is 0. The molecule has 0 aromatic heterocycles. The van der Waals surface area contributed by atoms with Crippen molar-refractivity contribution in [1.29, 1.82) is 0 Å². The average Bonchev–Trinajstić information content (AvgIpc) is 2.94. The molecule has 0 spiro atoms. The Bertz CT molecular complexity index is 457. The first-order valence-electron chi connectivity index (χ1n) is 18.2. The molecule has 0 aromatic rings. The van der Waals surface area contributed by atoms with Crippen LogP contribution in [0.2, 0.25) is 0 Å². The van der Waals surface area contributed by atoms with Crippen molar-refractivity contribution < 1.29 is 10.2 Å². The van der Waals surface area contributed by atoms with Crippen LogP contribution in [0, 0.1) is 5.92 Å². The van der Waals surface area contributed by atoms with Gasteiger partial charge in [-0.25, -0.2) is 0 Å². The lowest BCUT2D eigenvalue weighted by Gasteiger charge is -2.30. The fourth-order valence-corrected chi connectivity index (χ4v) is 6.02. The van der Waals surface area contributed by atoms with Crippen molar-refractivity contribution in [3.63, 3.8) is 0 Å². The molecule has 0 rings (SSSR count). The predicted octanol–water partition coefficient (Wildman–Crippen LogP) is 11.2. The molecule has 0 aliphatic rings. The van der Waals surface area contributed by atoms with Crippen molar-refractivity contribution in [3.05, 3.63) is 0 Å². The molecule has 0 aliphatic carbocycles. The zero-order valence-electron chi connectivity index (χ0n) is 27.5. The van der Waals surface area contributed by atoms with Crippen LogP contribution in [0.1, 0.15) is 207 Å². The summed E-state index contributed by atoms with van der Waals surface area (Å²) in [5, 5.41) is 24.5. The number of hydrogen-bond donors (Lipinski definition) is 3. The zero-order chi connectivity index (χ0) is 28.8. The number of rotatable bonds is 32. The second-order valence-corrected chi connectivity index (χ2v) is 12.9. The van der Waals surface area contributed by atoms with Crippen molar-refractivity contribution in [2.75, 3.05) is 0 Å². The topological polar surface area (TPSA) is 52.5 Å². The van der Waals surface area contributed by atoms with Gasteiger partial charge in [0.1, 0.15) is 6.23 Å². The monoisotopic (exact) mass is 554 g/mol. The molecule has 0 bridgehead atoms. The maximum Gasteiger partial charge on any atom is 0.105 e. The molecule has 0 heterocycles. The Kier molecular flexibility index (Phi) is 30.7. The van der Waals surface area contributed by atoms with E-state index in [9.17, 15) is 10.2 Å². The van der Waals surface area contributed by atoms with Crippen molar-refractivity contribution in [2.24, 2.45) is 5.92 Å². The van der Waals surface area contributed by atoms with E-state index in [2.05, 4.69) is 33.0 Å². The van der Waals surface area contributed by atoms with E-state index in [0.29, 0.717) is 0 Å². The van der Waals surface area contributed by atoms with Crippen LogP contribution in [0.4, 0.5) is 0 Å². The highest BCUT2D eigenvalue weighted by Crippen LogP contribution is 2.19. The Balaban J connectivity index is 3.47. The molecule has 3 heteroatoms. The number of aliphatic hydroxyl groups is 2. The fourth-order valence-electron chi connectivity index (χ4n) is 6.02. The van der Waals surface area contributed by atoms with Crippen molar-refractivity contribution in [1.82, 2.24) is 5.32 Å². The fraction of sp³-hybridized carbons (Fsp3) is 1.00. The molecular weight excluding hydrogens is 478 g/mol. The second-order valence-electron chi connectivity index (χ2n) is 12.9. The Morgan fingerprint density at radius 2 is 0.744 bits per heavy atom. The van der Waals surface area contributed by atoms with Crippen LogP contribution >= 0.6 is 0 Å². The van der Waals surface area contributed by atoms with Gasteiger partial charge < -0.3 is 10.2 Å².